The SMILES string of the molecule is CS(=O)(=O)N1CCNCC12CCC2.Cl. The highest BCUT2D eigenvalue weighted by molar-refractivity contribution is 7.88. The summed E-state index contributed by atoms with van der Waals surface area (Å²) < 4.78 is 24.7. The zero-order chi connectivity index (χ0) is 9.53. The van der Waals surface area contributed by atoms with Gasteiger partial charge in [-0.15, -0.1) is 12.4 Å². The van der Waals surface area contributed by atoms with Crippen molar-refractivity contribution in [3.8, 4) is 0 Å². The Labute approximate surface area is 91.5 Å². The maximum atomic E-state index is 11.5. The molecule has 2 fully saturated rings. The number of piperazine rings is 1. The van der Waals surface area contributed by atoms with E-state index in [0.29, 0.717) is 6.54 Å². The summed E-state index contributed by atoms with van der Waals surface area (Å²) in [6, 6.07) is 0. The molecule has 1 spiro atoms. The maximum Gasteiger partial charge on any atom is 0.211 e. The summed E-state index contributed by atoms with van der Waals surface area (Å²) in [7, 11) is -3.00. The van der Waals surface area contributed by atoms with Crippen molar-refractivity contribution in [2.75, 3.05) is 25.9 Å². The van der Waals surface area contributed by atoms with Crippen LogP contribution in [0, 0.1) is 0 Å². The topological polar surface area (TPSA) is 49.4 Å². The molecule has 1 aliphatic carbocycles. The summed E-state index contributed by atoms with van der Waals surface area (Å²) in [6.45, 7) is 2.26. The standard InChI is InChI=1S/C8H16N2O2S.ClH/c1-13(11,12)10-6-5-9-7-8(10)3-2-4-8;/h9H,2-7H2,1H3;1H. The van der Waals surface area contributed by atoms with Gasteiger partial charge in [0.2, 0.25) is 10.0 Å². The van der Waals surface area contributed by atoms with Gasteiger partial charge in [0, 0.05) is 25.2 Å². The highest BCUT2D eigenvalue weighted by atomic mass is 35.5. The minimum atomic E-state index is -3.00. The molecule has 1 saturated carbocycles. The van der Waals surface area contributed by atoms with Gasteiger partial charge < -0.3 is 5.32 Å². The van der Waals surface area contributed by atoms with Crippen molar-refractivity contribution >= 4 is 22.4 Å². The van der Waals surface area contributed by atoms with Crippen LogP contribution in [-0.4, -0.2) is 44.2 Å². The molecule has 0 bridgehead atoms. The molecule has 6 heteroatoms. The van der Waals surface area contributed by atoms with Crippen LogP contribution >= 0.6 is 12.4 Å². The molecule has 2 aliphatic rings. The molecule has 4 nitrogen and oxygen atoms in total. The van der Waals surface area contributed by atoms with Crippen LogP contribution in [0.2, 0.25) is 0 Å². The lowest BCUT2D eigenvalue weighted by atomic mass is 9.76. The minimum absolute atomic E-state index is 0. The number of halogens is 1. The third kappa shape index (κ3) is 1.91. The average Bonchev–Trinajstić information content (AvgIpc) is 2.00. The van der Waals surface area contributed by atoms with E-state index in [1.54, 1.807) is 4.31 Å². The molecule has 2 rings (SSSR count). The second kappa shape index (κ2) is 3.96. The number of hydrogen-bond acceptors (Lipinski definition) is 3. The van der Waals surface area contributed by atoms with Gasteiger partial charge in [-0.3, -0.25) is 0 Å². The van der Waals surface area contributed by atoms with E-state index in [0.717, 1.165) is 32.4 Å². The maximum absolute atomic E-state index is 11.5. The van der Waals surface area contributed by atoms with Gasteiger partial charge in [0.15, 0.2) is 0 Å². The van der Waals surface area contributed by atoms with Crippen LogP contribution in [0.25, 0.3) is 0 Å². The van der Waals surface area contributed by atoms with Crippen LogP contribution in [0.4, 0.5) is 0 Å². The quantitative estimate of drug-likeness (QED) is 0.712. The smallest absolute Gasteiger partial charge is 0.211 e. The van der Waals surface area contributed by atoms with Crippen LogP contribution in [0.3, 0.4) is 0 Å². The number of nitrogens with one attached hydrogen (secondary N) is 1. The third-order valence-corrected chi connectivity index (χ3v) is 4.53. The van der Waals surface area contributed by atoms with Crippen molar-refractivity contribution in [1.82, 2.24) is 9.62 Å². The summed E-state index contributed by atoms with van der Waals surface area (Å²) in [5.74, 6) is 0. The Bertz CT molecular complexity index is 300. The molecule has 0 amide bonds. The van der Waals surface area contributed by atoms with Crippen LogP contribution in [0.15, 0.2) is 0 Å². The summed E-state index contributed by atoms with van der Waals surface area (Å²) in [4.78, 5) is 0. The Morgan fingerprint density at radius 1 is 1.36 bits per heavy atom. The largest absolute Gasteiger partial charge is 0.314 e. The zero-order valence-electron chi connectivity index (χ0n) is 8.32. The predicted molar refractivity (Wildman–Crippen MR) is 58.2 cm³/mol. The fourth-order valence-corrected chi connectivity index (χ4v) is 3.73. The number of hydrogen-bond donors (Lipinski definition) is 1. The average molecular weight is 241 g/mol. The van der Waals surface area contributed by atoms with Crippen molar-refractivity contribution in [3.05, 3.63) is 0 Å². The molecule has 1 heterocycles. The van der Waals surface area contributed by atoms with E-state index in [2.05, 4.69) is 5.32 Å². The van der Waals surface area contributed by atoms with Gasteiger partial charge in [-0.05, 0) is 19.3 Å². The highest BCUT2D eigenvalue weighted by Crippen LogP contribution is 2.39. The molecule has 0 unspecified atom stereocenters. The Morgan fingerprint density at radius 3 is 2.36 bits per heavy atom. The summed E-state index contributed by atoms with van der Waals surface area (Å²) in [5, 5.41) is 3.27. The Kier molecular flexibility index (Phi) is 3.46. The van der Waals surface area contributed by atoms with E-state index in [4.69, 9.17) is 0 Å². The fraction of sp³-hybridized carbons (Fsp3) is 1.00. The van der Waals surface area contributed by atoms with E-state index in [9.17, 15) is 8.42 Å². The number of nitrogens with zero attached hydrogens (tertiary/aromatic N) is 1. The van der Waals surface area contributed by atoms with E-state index >= 15 is 0 Å². The first kappa shape index (κ1) is 12.2. The highest BCUT2D eigenvalue weighted by Gasteiger charge is 2.47. The molecule has 0 aromatic rings. The Balaban J connectivity index is 0.000000980. The first-order valence-corrected chi connectivity index (χ1v) is 6.58. The van der Waals surface area contributed by atoms with Crippen LogP contribution in [0.1, 0.15) is 19.3 Å². The van der Waals surface area contributed by atoms with Gasteiger partial charge in [0.1, 0.15) is 0 Å². The molecular weight excluding hydrogens is 224 g/mol. The van der Waals surface area contributed by atoms with Crippen molar-refractivity contribution in [3.63, 3.8) is 0 Å². The van der Waals surface area contributed by atoms with Gasteiger partial charge in [0.25, 0.3) is 0 Å². The lowest BCUT2D eigenvalue weighted by Gasteiger charge is -2.51. The lowest BCUT2D eigenvalue weighted by Crippen LogP contribution is -2.65. The molecule has 0 atom stereocenters. The normalized spacial score (nSPS) is 26.6. The van der Waals surface area contributed by atoms with Gasteiger partial charge in [-0.1, -0.05) is 0 Å². The molecule has 1 saturated heterocycles. The molecule has 1 aliphatic heterocycles. The second-order valence-electron chi connectivity index (χ2n) is 4.09. The fourth-order valence-electron chi connectivity index (χ4n) is 2.36. The molecule has 0 aromatic heterocycles. The molecule has 0 aromatic carbocycles. The molecule has 14 heavy (non-hydrogen) atoms. The predicted octanol–water partition coefficient (Wildman–Crippen LogP) is 0.196. The molecule has 1 N–H and O–H groups in total. The van der Waals surface area contributed by atoms with Crippen molar-refractivity contribution in [1.29, 1.82) is 0 Å². The monoisotopic (exact) mass is 240 g/mol. The van der Waals surface area contributed by atoms with E-state index in [1.807, 2.05) is 0 Å². The van der Waals surface area contributed by atoms with Crippen LogP contribution < -0.4 is 5.32 Å². The van der Waals surface area contributed by atoms with Gasteiger partial charge >= 0.3 is 0 Å². The minimum Gasteiger partial charge on any atom is -0.314 e. The van der Waals surface area contributed by atoms with Crippen molar-refractivity contribution < 1.29 is 8.42 Å². The van der Waals surface area contributed by atoms with Gasteiger partial charge in [0.05, 0.1) is 6.26 Å². The van der Waals surface area contributed by atoms with Crippen molar-refractivity contribution in [2.24, 2.45) is 0 Å². The zero-order valence-corrected chi connectivity index (χ0v) is 9.96. The summed E-state index contributed by atoms with van der Waals surface area (Å²) >= 11 is 0. The number of rotatable bonds is 1. The first-order valence-electron chi connectivity index (χ1n) is 4.73. The van der Waals surface area contributed by atoms with Crippen LogP contribution in [0.5, 0.6) is 0 Å². The van der Waals surface area contributed by atoms with E-state index in [1.165, 1.54) is 6.26 Å². The van der Waals surface area contributed by atoms with E-state index in [-0.39, 0.29) is 17.9 Å². The van der Waals surface area contributed by atoms with Gasteiger partial charge in [-0.2, -0.15) is 4.31 Å². The van der Waals surface area contributed by atoms with Gasteiger partial charge in [-0.25, -0.2) is 8.42 Å². The first-order chi connectivity index (χ1) is 6.05. The molecule has 84 valence electrons. The Hall–Kier alpha value is 0.160. The summed E-state index contributed by atoms with van der Waals surface area (Å²) in [6.07, 6.45) is 4.52. The number of sulfonamides is 1. The molecule has 0 radical (unpaired) electrons. The summed E-state index contributed by atoms with van der Waals surface area (Å²) in [5.41, 5.74) is -0.0637. The molecular formula is C8H17ClN2O2S. The lowest BCUT2D eigenvalue weighted by molar-refractivity contribution is 0.0648. The Morgan fingerprint density at radius 2 is 2.00 bits per heavy atom. The van der Waals surface area contributed by atoms with Crippen molar-refractivity contribution in [2.45, 2.75) is 24.8 Å². The third-order valence-electron chi connectivity index (χ3n) is 3.16. The second-order valence-corrected chi connectivity index (χ2v) is 6.00. The van der Waals surface area contributed by atoms with Crippen LogP contribution in [-0.2, 0) is 10.0 Å². The van der Waals surface area contributed by atoms with E-state index < -0.39 is 10.0 Å².